The Labute approximate surface area is 112 Å². The highest BCUT2D eigenvalue weighted by Gasteiger charge is 2.19. The highest BCUT2D eigenvalue weighted by molar-refractivity contribution is 5.71. The van der Waals surface area contributed by atoms with Crippen LogP contribution in [0.1, 0.15) is 18.7 Å². The first kappa shape index (κ1) is 12.6. The van der Waals surface area contributed by atoms with Gasteiger partial charge in [-0.15, -0.1) is 0 Å². The molecule has 2 aromatic heterocycles. The van der Waals surface area contributed by atoms with Crippen LogP contribution in [0.3, 0.4) is 0 Å². The lowest BCUT2D eigenvalue weighted by Gasteiger charge is -2.21. The number of aromatic nitrogens is 3. The number of ether oxygens (including phenoxy) is 1. The van der Waals surface area contributed by atoms with Crippen LogP contribution in [0.2, 0.25) is 0 Å². The fourth-order valence-electron chi connectivity index (χ4n) is 2.70. The molecule has 3 rings (SSSR count). The van der Waals surface area contributed by atoms with Gasteiger partial charge >= 0.3 is 0 Å². The maximum atomic E-state index is 9.23. The third kappa shape index (κ3) is 2.62. The topological polar surface area (TPSA) is 60.2 Å². The fraction of sp³-hybridized carbons (Fsp3) is 0.571. The molecule has 5 nitrogen and oxygen atoms in total. The van der Waals surface area contributed by atoms with Crippen LogP contribution in [0.25, 0.3) is 11.2 Å². The summed E-state index contributed by atoms with van der Waals surface area (Å²) in [6, 6.07) is 3.88. The summed E-state index contributed by atoms with van der Waals surface area (Å²) in [5.41, 5.74) is 1.79. The number of rotatable bonds is 4. The third-order valence-corrected chi connectivity index (χ3v) is 3.72. The average Bonchev–Trinajstić information content (AvgIpc) is 2.79. The zero-order valence-corrected chi connectivity index (χ0v) is 11.0. The molecule has 1 N–H and O–H groups in total. The Morgan fingerprint density at radius 1 is 1.37 bits per heavy atom. The minimum atomic E-state index is 0.114. The molecule has 5 heteroatoms. The van der Waals surface area contributed by atoms with E-state index in [0.717, 1.165) is 49.5 Å². The lowest BCUT2D eigenvalue weighted by atomic mass is 9.96. The summed E-state index contributed by atoms with van der Waals surface area (Å²) < 4.78 is 7.44. The quantitative estimate of drug-likeness (QED) is 0.903. The van der Waals surface area contributed by atoms with Crippen LogP contribution in [0, 0.1) is 5.92 Å². The molecule has 1 fully saturated rings. The second-order valence-electron chi connectivity index (χ2n) is 5.01. The average molecular weight is 261 g/mol. The van der Waals surface area contributed by atoms with Crippen molar-refractivity contribution in [1.82, 2.24) is 14.5 Å². The molecule has 19 heavy (non-hydrogen) atoms. The molecule has 1 aliphatic rings. The van der Waals surface area contributed by atoms with Gasteiger partial charge in [0.15, 0.2) is 5.65 Å². The molecule has 1 saturated heterocycles. The van der Waals surface area contributed by atoms with Crippen LogP contribution in [0.5, 0.6) is 0 Å². The van der Waals surface area contributed by atoms with Crippen molar-refractivity contribution in [3.8, 4) is 0 Å². The normalized spacial score (nSPS) is 17.1. The molecule has 102 valence electrons. The maximum absolute atomic E-state index is 9.23. The standard InChI is InChI=1S/C14H19N3O2/c18-7-6-17-13(10-11-3-8-19-9-4-11)16-12-2-1-5-15-14(12)17/h1-2,5,11,18H,3-4,6-10H2. The Morgan fingerprint density at radius 2 is 2.21 bits per heavy atom. The van der Waals surface area contributed by atoms with Crippen molar-refractivity contribution < 1.29 is 9.84 Å². The first-order chi connectivity index (χ1) is 9.38. The summed E-state index contributed by atoms with van der Waals surface area (Å²) in [6.07, 6.45) is 4.90. The van der Waals surface area contributed by atoms with Crippen molar-refractivity contribution >= 4 is 11.2 Å². The van der Waals surface area contributed by atoms with Crippen LogP contribution >= 0.6 is 0 Å². The molecule has 1 aliphatic heterocycles. The number of aliphatic hydroxyl groups is 1. The molecule has 0 spiro atoms. The Kier molecular flexibility index (Phi) is 3.75. The summed E-state index contributed by atoms with van der Waals surface area (Å²) in [6.45, 7) is 2.38. The van der Waals surface area contributed by atoms with E-state index in [-0.39, 0.29) is 6.61 Å². The number of imidazole rings is 1. The Morgan fingerprint density at radius 3 is 3.00 bits per heavy atom. The van der Waals surface area contributed by atoms with Crippen LogP contribution in [-0.2, 0) is 17.7 Å². The van der Waals surface area contributed by atoms with Crippen LogP contribution in [-0.4, -0.2) is 39.5 Å². The maximum Gasteiger partial charge on any atom is 0.160 e. The number of fused-ring (bicyclic) bond motifs is 1. The van der Waals surface area contributed by atoms with Gasteiger partial charge in [0.1, 0.15) is 11.3 Å². The molecule has 0 aliphatic carbocycles. The van der Waals surface area contributed by atoms with Crippen molar-refractivity contribution in [2.75, 3.05) is 19.8 Å². The minimum absolute atomic E-state index is 0.114. The Bertz CT molecular complexity index is 547. The summed E-state index contributed by atoms with van der Waals surface area (Å²) in [7, 11) is 0. The Hall–Kier alpha value is -1.46. The molecule has 2 aromatic rings. The number of nitrogens with zero attached hydrogens (tertiary/aromatic N) is 3. The molecule has 0 radical (unpaired) electrons. The van der Waals surface area contributed by atoms with E-state index in [1.54, 1.807) is 6.20 Å². The van der Waals surface area contributed by atoms with Crippen LogP contribution in [0.4, 0.5) is 0 Å². The molecule has 0 saturated carbocycles. The number of hydrogen-bond donors (Lipinski definition) is 1. The molecule has 3 heterocycles. The SMILES string of the molecule is OCCn1c(CC2CCOCC2)nc2cccnc21. The van der Waals surface area contributed by atoms with Crippen molar-refractivity contribution in [1.29, 1.82) is 0 Å². The second-order valence-corrected chi connectivity index (χ2v) is 5.01. The summed E-state index contributed by atoms with van der Waals surface area (Å²) in [4.78, 5) is 9.05. The summed E-state index contributed by atoms with van der Waals surface area (Å²) in [5.74, 6) is 1.66. The summed E-state index contributed by atoms with van der Waals surface area (Å²) >= 11 is 0. The van der Waals surface area contributed by atoms with E-state index in [4.69, 9.17) is 4.74 Å². The number of aliphatic hydroxyl groups excluding tert-OH is 1. The zero-order chi connectivity index (χ0) is 13.1. The van der Waals surface area contributed by atoms with Crippen LogP contribution in [0.15, 0.2) is 18.3 Å². The van der Waals surface area contributed by atoms with E-state index in [1.165, 1.54) is 0 Å². The van der Waals surface area contributed by atoms with Crippen molar-refractivity contribution in [3.05, 3.63) is 24.2 Å². The molecule has 0 aromatic carbocycles. The molecular weight excluding hydrogens is 242 g/mol. The highest BCUT2D eigenvalue weighted by atomic mass is 16.5. The summed E-state index contributed by atoms with van der Waals surface area (Å²) in [5, 5.41) is 9.23. The first-order valence-electron chi connectivity index (χ1n) is 6.87. The van der Waals surface area contributed by atoms with Gasteiger partial charge < -0.3 is 14.4 Å². The van der Waals surface area contributed by atoms with Crippen molar-refractivity contribution in [2.24, 2.45) is 5.92 Å². The van der Waals surface area contributed by atoms with E-state index in [2.05, 4.69) is 9.97 Å². The Balaban J connectivity index is 1.90. The van der Waals surface area contributed by atoms with Gasteiger partial charge in [0.2, 0.25) is 0 Å². The van der Waals surface area contributed by atoms with E-state index in [9.17, 15) is 5.11 Å². The lowest BCUT2D eigenvalue weighted by molar-refractivity contribution is 0.0657. The number of hydrogen-bond acceptors (Lipinski definition) is 4. The predicted octanol–water partition coefficient (Wildman–Crippen LogP) is 1.39. The van der Waals surface area contributed by atoms with Gasteiger partial charge in [-0.05, 0) is 30.9 Å². The first-order valence-corrected chi connectivity index (χ1v) is 6.87. The zero-order valence-electron chi connectivity index (χ0n) is 11.0. The van der Waals surface area contributed by atoms with Gasteiger partial charge in [0, 0.05) is 32.4 Å². The smallest absolute Gasteiger partial charge is 0.160 e. The molecule has 0 unspecified atom stereocenters. The van der Waals surface area contributed by atoms with E-state index < -0.39 is 0 Å². The molecule has 0 bridgehead atoms. The lowest BCUT2D eigenvalue weighted by Crippen LogP contribution is -2.20. The van der Waals surface area contributed by atoms with Gasteiger partial charge in [0.25, 0.3) is 0 Å². The van der Waals surface area contributed by atoms with Crippen LogP contribution < -0.4 is 0 Å². The van der Waals surface area contributed by atoms with Gasteiger partial charge in [0.05, 0.1) is 6.61 Å². The second kappa shape index (κ2) is 5.67. The van der Waals surface area contributed by atoms with E-state index in [0.29, 0.717) is 12.5 Å². The van der Waals surface area contributed by atoms with Gasteiger partial charge in [-0.1, -0.05) is 0 Å². The molecule has 0 amide bonds. The van der Waals surface area contributed by atoms with Gasteiger partial charge in [-0.2, -0.15) is 0 Å². The highest BCUT2D eigenvalue weighted by Crippen LogP contribution is 2.22. The van der Waals surface area contributed by atoms with Crippen molar-refractivity contribution in [2.45, 2.75) is 25.8 Å². The van der Waals surface area contributed by atoms with Crippen molar-refractivity contribution in [3.63, 3.8) is 0 Å². The monoisotopic (exact) mass is 261 g/mol. The van der Waals surface area contributed by atoms with Gasteiger partial charge in [-0.3, -0.25) is 0 Å². The number of pyridine rings is 1. The fourth-order valence-corrected chi connectivity index (χ4v) is 2.70. The third-order valence-electron chi connectivity index (χ3n) is 3.72. The minimum Gasteiger partial charge on any atom is -0.395 e. The molecule has 0 atom stereocenters. The van der Waals surface area contributed by atoms with E-state index >= 15 is 0 Å². The molecular formula is C14H19N3O2. The van der Waals surface area contributed by atoms with Gasteiger partial charge in [-0.25, -0.2) is 9.97 Å². The largest absolute Gasteiger partial charge is 0.395 e. The van der Waals surface area contributed by atoms with E-state index in [1.807, 2.05) is 16.7 Å². The predicted molar refractivity (Wildman–Crippen MR) is 71.9 cm³/mol.